The van der Waals surface area contributed by atoms with E-state index in [0.29, 0.717) is 26.2 Å². The fraction of sp³-hybridized carbons (Fsp3) is 0.500. The number of nitrogens with one attached hydrogen (secondary N) is 2. The van der Waals surface area contributed by atoms with Gasteiger partial charge in [0.05, 0.1) is 12.9 Å². The second-order valence-electron chi connectivity index (χ2n) is 7.16. The number of hydrogen-bond donors (Lipinski definition) is 2. The van der Waals surface area contributed by atoms with Crippen molar-refractivity contribution >= 4 is 12.1 Å². The highest BCUT2D eigenvalue weighted by molar-refractivity contribution is 5.80. The fourth-order valence-corrected chi connectivity index (χ4v) is 3.35. The molecule has 2 aromatic rings. The number of amides is 1. The minimum atomic E-state index is -0.225. The van der Waals surface area contributed by atoms with Crippen molar-refractivity contribution in [3.05, 3.63) is 54.2 Å². The molecular formula is C22H31N5O3. The van der Waals surface area contributed by atoms with Gasteiger partial charge in [0.15, 0.2) is 5.96 Å². The largest absolute Gasteiger partial charge is 0.469 e. The minimum absolute atomic E-state index is 0.225. The Morgan fingerprint density at radius 1 is 1.27 bits per heavy atom. The molecule has 2 aromatic heterocycles. The molecule has 8 nitrogen and oxygen atoms in total. The highest BCUT2D eigenvalue weighted by Gasteiger charge is 2.24. The van der Waals surface area contributed by atoms with Crippen LogP contribution in [0.2, 0.25) is 0 Å². The fourth-order valence-electron chi connectivity index (χ4n) is 3.35. The average molecular weight is 414 g/mol. The average Bonchev–Trinajstić information content (AvgIpc) is 3.28. The maximum atomic E-state index is 11.9. The zero-order chi connectivity index (χ0) is 21.0. The van der Waals surface area contributed by atoms with E-state index < -0.39 is 0 Å². The Hall–Kier alpha value is -3.03. The number of likely N-dealkylation sites (tertiary alicyclic amines) is 1. The SMILES string of the molecule is CCOC(=O)N1CCC(NC(=NCCc2ccco2)NCCc2ccccn2)CC1. The molecule has 162 valence electrons. The first-order valence-corrected chi connectivity index (χ1v) is 10.6. The number of hydrogen-bond acceptors (Lipinski definition) is 5. The van der Waals surface area contributed by atoms with Gasteiger partial charge in [-0.2, -0.15) is 0 Å². The van der Waals surface area contributed by atoms with Crippen molar-refractivity contribution in [3.8, 4) is 0 Å². The van der Waals surface area contributed by atoms with Crippen molar-refractivity contribution in [2.75, 3.05) is 32.8 Å². The lowest BCUT2D eigenvalue weighted by Gasteiger charge is -2.32. The summed E-state index contributed by atoms with van der Waals surface area (Å²) in [5.74, 6) is 1.71. The molecular weight excluding hydrogens is 382 g/mol. The summed E-state index contributed by atoms with van der Waals surface area (Å²) in [5, 5.41) is 6.94. The van der Waals surface area contributed by atoms with Crippen molar-refractivity contribution in [2.45, 2.75) is 38.6 Å². The number of piperidine rings is 1. The number of carbonyl (C=O) groups is 1. The number of guanidine groups is 1. The van der Waals surface area contributed by atoms with Crippen LogP contribution in [0.15, 0.2) is 52.2 Å². The molecule has 0 saturated carbocycles. The molecule has 8 heteroatoms. The molecule has 0 bridgehead atoms. The van der Waals surface area contributed by atoms with Gasteiger partial charge in [0.25, 0.3) is 0 Å². The van der Waals surface area contributed by atoms with Gasteiger partial charge in [-0.3, -0.25) is 9.98 Å². The van der Waals surface area contributed by atoms with Gasteiger partial charge in [0.1, 0.15) is 5.76 Å². The van der Waals surface area contributed by atoms with E-state index in [4.69, 9.17) is 14.1 Å². The van der Waals surface area contributed by atoms with Crippen LogP contribution < -0.4 is 10.6 Å². The first-order chi connectivity index (χ1) is 14.7. The topological polar surface area (TPSA) is 92.0 Å². The highest BCUT2D eigenvalue weighted by Crippen LogP contribution is 2.11. The lowest BCUT2D eigenvalue weighted by Crippen LogP contribution is -2.50. The molecule has 2 N–H and O–H groups in total. The van der Waals surface area contributed by atoms with Gasteiger partial charge >= 0.3 is 6.09 Å². The van der Waals surface area contributed by atoms with E-state index in [1.807, 2.05) is 43.5 Å². The van der Waals surface area contributed by atoms with E-state index in [1.165, 1.54) is 0 Å². The molecule has 1 saturated heterocycles. The van der Waals surface area contributed by atoms with Crippen LogP contribution in [0.25, 0.3) is 0 Å². The third-order valence-electron chi connectivity index (χ3n) is 4.97. The van der Waals surface area contributed by atoms with Crippen LogP contribution in [0.4, 0.5) is 4.79 Å². The summed E-state index contributed by atoms with van der Waals surface area (Å²) in [6, 6.07) is 10.1. The van der Waals surface area contributed by atoms with E-state index in [1.54, 1.807) is 11.2 Å². The molecule has 1 aliphatic heterocycles. The number of aromatic nitrogens is 1. The molecule has 0 unspecified atom stereocenters. The molecule has 1 fully saturated rings. The predicted octanol–water partition coefficient (Wildman–Crippen LogP) is 2.62. The maximum Gasteiger partial charge on any atom is 0.409 e. The lowest BCUT2D eigenvalue weighted by atomic mass is 10.1. The third-order valence-corrected chi connectivity index (χ3v) is 4.97. The number of nitrogens with zero attached hydrogens (tertiary/aromatic N) is 3. The van der Waals surface area contributed by atoms with Crippen LogP contribution in [0, 0.1) is 0 Å². The number of carbonyl (C=O) groups excluding carboxylic acids is 1. The highest BCUT2D eigenvalue weighted by atomic mass is 16.6. The monoisotopic (exact) mass is 413 g/mol. The van der Waals surface area contributed by atoms with Gasteiger partial charge in [-0.05, 0) is 44.0 Å². The molecule has 3 rings (SSSR count). The Kier molecular flexibility index (Phi) is 8.56. The van der Waals surface area contributed by atoms with Gasteiger partial charge in [0, 0.05) is 57.0 Å². The normalized spacial score (nSPS) is 15.1. The summed E-state index contributed by atoms with van der Waals surface area (Å²) in [4.78, 5) is 22.7. The third kappa shape index (κ3) is 7.09. The molecule has 0 aromatic carbocycles. The van der Waals surface area contributed by atoms with E-state index >= 15 is 0 Å². The quantitative estimate of drug-likeness (QED) is 0.511. The molecule has 1 amide bonds. The molecule has 0 atom stereocenters. The Morgan fingerprint density at radius 2 is 2.13 bits per heavy atom. The Labute approximate surface area is 177 Å². The second-order valence-corrected chi connectivity index (χ2v) is 7.16. The summed E-state index contributed by atoms with van der Waals surface area (Å²) in [5.41, 5.74) is 1.04. The van der Waals surface area contributed by atoms with Gasteiger partial charge in [-0.25, -0.2) is 4.79 Å². The molecule has 3 heterocycles. The first kappa shape index (κ1) is 21.7. The van der Waals surface area contributed by atoms with E-state index in [-0.39, 0.29) is 12.1 Å². The van der Waals surface area contributed by atoms with Gasteiger partial charge in [-0.1, -0.05) is 6.07 Å². The Bertz CT molecular complexity index is 771. The molecule has 0 aliphatic carbocycles. The van der Waals surface area contributed by atoms with Gasteiger partial charge < -0.3 is 24.7 Å². The van der Waals surface area contributed by atoms with E-state index in [9.17, 15) is 4.79 Å². The summed E-state index contributed by atoms with van der Waals surface area (Å²) >= 11 is 0. The van der Waals surface area contributed by atoms with Crippen LogP contribution in [0.5, 0.6) is 0 Å². The Morgan fingerprint density at radius 3 is 2.83 bits per heavy atom. The van der Waals surface area contributed by atoms with Crippen LogP contribution in [-0.2, 0) is 17.6 Å². The molecule has 0 spiro atoms. The van der Waals surface area contributed by atoms with Gasteiger partial charge in [-0.15, -0.1) is 0 Å². The van der Waals surface area contributed by atoms with Crippen LogP contribution in [0.1, 0.15) is 31.2 Å². The zero-order valence-corrected chi connectivity index (χ0v) is 17.5. The Balaban J connectivity index is 1.50. The lowest BCUT2D eigenvalue weighted by molar-refractivity contribution is 0.0963. The predicted molar refractivity (Wildman–Crippen MR) is 115 cm³/mol. The van der Waals surface area contributed by atoms with Gasteiger partial charge in [0.2, 0.25) is 0 Å². The van der Waals surface area contributed by atoms with Crippen LogP contribution in [-0.4, -0.2) is 60.8 Å². The summed E-state index contributed by atoms with van der Waals surface area (Å²) in [6.45, 7) is 4.98. The minimum Gasteiger partial charge on any atom is -0.469 e. The van der Waals surface area contributed by atoms with Crippen molar-refractivity contribution < 1.29 is 13.9 Å². The summed E-state index contributed by atoms with van der Waals surface area (Å²) in [6.07, 6.45) is 6.55. The van der Waals surface area contributed by atoms with Crippen molar-refractivity contribution in [1.82, 2.24) is 20.5 Å². The van der Waals surface area contributed by atoms with Crippen molar-refractivity contribution in [1.29, 1.82) is 0 Å². The smallest absolute Gasteiger partial charge is 0.409 e. The molecule has 30 heavy (non-hydrogen) atoms. The number of aliphatic imine (C=N–C) groups is 1. The maximum absolute atomic E-state index is 11.9. The van der Waals surface area contributed by atoms with E-state index in [2.05, 4.69) is 15.6 Å². The summed E-state index contributed by atoms with van der Waals surface area (Å²) in [7, 11) is 0. The zero-order valence-electron chi connectivity index (χ0n) is 17.5. The van der Waals surface area contributed by atoms with E-state index in [0.717, 1.165) is 49.6 Å². The number of ether oxygens (including phenoxy) is 1. The molecule has 0 radical (unpaired) electrons. The van der Waals surface area contributed by atoms with Crippen molar-refractivity contribution in [3.63, 3.8) is 0 Å². The van der Waals surface area contributed by atoms with Crippen molar-refractivity contribution in [2.24, 2.45) is 4.99 Å². The molecule has 1 aliphatic rings. The number of pyridine rings is 1. The first-order valence-electron chi connectivity index (χ1n) is 10.6. The summed E-state index contributed by atoms with van der Waals surface area (Å²) < 4.78 is 10.5. The van der Waals surface area contributed by atoms with Crippen LogP contribution >= 0.6 is 0 Å². The standard InChI is InChI=1S/C22H31N5O3/c1-2-29-22(28)27-15-10-19(11-16-27)26-21(25-14-9-20-7-5-17-30-20)24-13-8-18-6-3-4-12-23-18/h3-7,12,17,19H,2,8-11,13-16H2,1H3,(H2,24,25,26). The van der Waals surface area contributed by atoms with Crippen LogP contribution in [0.3, 0.4) is 0 Å². The number of rotatable bonds is 8. The second kappa shape index (κ2) is 11.8. The number of furan rings is 1.